The number of nitrogens with zero attached hydrogens (tertiary/aromatic N) is 1. The molecule has 1 fully saturated rings. The average Bonchev–Trinajstić information content (AvgIpc) is 2.39. The second kappa shape index (κ2) is 8.30. The number of likely N-dealkylation sites (tertiary alicyclic amines) is 1. The highest BCUT2D eigenvalue weighted by molar-refractivity contribution is 7.85. The van der Waals surface area contributed by atoms with E-state index in [0.29, 0.717) is 31.7 Å². The SMILES string of the molecule is CCCCCS(=O)CC(=O)N1CCC(C(=O)O)CC1. The van der Waals surface area contributed by atoms with Crippen molar-refractivity contribution in [3.8, 4) is 0 Å². The number of unbranched alkanes of at least 4 members (excludes halogenated alkanes) is 2. The monoisotopic (exact) mass is 289 g/mol. The summed E-state index contributed by atoms with van der Waals surface area (Å²) in [5.41, 5.74) is 0. The van der Waals surface area contributed by atoms with Crippen LogP contribution in [-0.4, -0.2) is 50.7 Å². The Morgan fingerprint density at radius 2 is 1.89 bits per heavy atom. The van der Waals surface area contributed by atoms with Crippen molar-refractivity contribution in [1.29, 1.82) is 0 Å². The summed E-state index contributed by atoms with van der Waals surface area (Å²) in [5.74, 6) is -0.542. The van der Waals surface area contributed by atoms with Crippen molar-refractivity contribution >= 4 is 22.7 Å². The van der Waals surface area contributed by atoms with Gasteiger partial charge in [0.1, 0.15) is 5.75 Å². The van der Waals surface area contributed by atoms with Gasteiger partial charge in [-0.3, -0.25) is 13.8 Å². The minimum atomic E-state index is -1.08. The van der Waals surface area contributed by atoms with Crippen LogP contribution in [0.25, 0.3) is 0 Å². The van der Waals surface area contributed by atoms with Gasteiger partial charge in [-0.05, 0) is 19.3 Å². The van der Waals surface area contributed by atoms with Gasteiger partial charge in [0.25, 0.3) is 0 Å². The Bertz CT molecular complexity index is 338. The van der Waals surface area contributed by atoms with E-state index < -0.39 is 16.8 Å². The summed E-state index contributed by atoms with van der Waals surface area (Å²) < 4.78 is 11.7. The molecule has 1 amide bonds. The highest BCUT2D eigenvalue weighted by atomic mass is 32.2. The van der Waals surface area contributed by atoms with Crippen molar-refractivity contribution < 1.29 is 18.9 Å². The van der Waals surface area contributed by atoms with E-state index in [4.69, 9.17) is 5.11 Å². The first-order valence-corrected chi connectivity index (χ1v) is 8.39. The van der Waals surface area contributed by atoms with Gasteiger partial charge in [0, 0.05) is 29.6 Å². The predicted molar refractivity (Wildman–Crippen MR) is 74.3 cm³/mol. The number of rotatable bonds is 7. The molecule has 5 nitrogen and oxygen atoms in total. The normalized spacial score (nSPS) is 18.3. The Balaban J connectivity index is 2.27. The molecule has 0 spiro atoms. The number of carbonyl (C=O) groups excluding carboxylic acids is 1. The molecule has 0 bridgehead atoms. The molecule has 1 rings (SSSR count). The Morgan fingerprint density at radius 3 is 2.42 bits per heavy atom. The van der Waals surface area contributed by atoms with Gasteiger partial charge in [-0.15, -0.1) is 0 Å². The summed E-state index contributed by atoms with van der Waals surface area (Å²) in [7, 11) is -1.08. The molecule has 1 aliphatic heterocycles. The quantitative estimate of drug-likeness (QED) is 0.716. The van der Waals surface area contributed by atoms with E-state index in [-0.39, 0.29) is 17.6 Å². The van der Waals surface area contributed by atoms with Crippen LogP contribution in [0, 0.1) is 5.92 Å². The number of carboxylic acid groups (broad SMARTS) is 1. The second-order valence-electron chi connectivity index (χ2n) is 4.99. The number of hydrogen-bond acceptors (Lipinski definition) is 3. The number of piperidine rings is 1. The fraction of sp³-hybridized carbons (Fsp3) is 0.846. The van der Waals surface area contributed by atoms with Crippen molar-refractivity contribution in [3.05, 3.63) is 0 Å². The zero-order valence-corrected chi connectivity index (χ0v) is 12.3. The Morgan fingerprint density at radius 1 is 1.26 bits per heavy atom. The molecule has 110 valence electrons. The van der Waals surface area contributed by atoms with Gasteiger partial charge in [0.05, 0.1) is 5.92 Å². The minimum absolute atomic E-state index is 0.0848. The maximum atomic E-state index is 11.9. The molecule has 0 aliphatic carbocycles. The zero-order valence-electron chi connectivity index (χ0n) is 11.5. The number of carbonyl (C=O) groups is 2. The third-order valence-electron chi connectivity index (χ3n) is 3.46. The summed E-state index contributed by atoms with van der Waals surface area (Å²) in [6.07, 6.45) is 4.03. The van der Waals surface area contributed by atoms with Crippen LogP contribution in [0.4, 0.5) is 0 Å². The van der Waals surface area contributed by atoms with Crippen molar-refractivity contribution in [1.82, 2.24) is 4.90 Å². The molecule has 1 aliphatic rings. The molecule has 1 saturated heterocycles. The lowest BCUT2D eigenvalue weighted by atomic mass is 9.97. The van der Waals surface area contributed by atoms with Crippen molar-refractivity contribution in [2.75, 3.05) is 24.6 Å². The molecule has 1 unspecified atom stereocenters. The summed E-state index contributed by atoms with van der Waals surface area (Å²) in [6.45, 7) is 3.03. The Labute approximate surface area is 116 Å². The molecule has 19 heavy (non-hydrogen) atoms. The van der Waals surface area contributed by atoms with Crippen LogP contribution in [0.1, 0.15) is 39.0 Å². The molecule has 0 aromatic carbocycles. The van der Waals surface area contributed by atoms with Crippen LogP contribution < -0.4 is 0 Å². The van der Waals surface area contributed by atoms with Crippen LogP contribution in [0.3, 0.4) is 0 Å². The number of amides is 1. The number of hydrogen-bond donors (Lipinski definition) is 1. The summed E-state index contributed by atoms with van der Waals surface area (Å²) in [4.78, 5) is 24.4. The van der Waals surface area contributed by atoms with Crippen molar-refractivity contribution in [2.24, 2.45) is 5.92 Å². The molecule has 0 radical (unpaired) electrons. The maximum Gasteiger partial charge on any atom is 0.306 e. The predicted octanol–water partition coefficient (Wildman–Crippen LogP) is 1.25. The van der Waals surface area contributed by atoms with Crippen molar-refractivity contribution in [2.45, 2.75) is 39.0 Å². The average molecular weight is 289 g/mol. The fourth-order valence-electron chi connectivity index (χ4n) is 2.19. The first kappa shape index (κ1) is 16.1. The smallest absolute Gasteiger partial charge is 0.306 e. The van der Waals surface area contributed by atoms with E-state index >= 15 is 0 Å². The molecule has 6 heteroatoms. The minimum Gasteiger partial charge on any atom is -0.481 e. The molecule has 0 aromatic heterocycles. The van der Waals surface area contributed by atoms with Crippen LogP contribution in [0.5, 0.6) is 0 Å². The van der Waals surface area contributed by atoms with E-state index in [2.05, 4.69) is 6.92 Å². The van der Waals surface area contributed by atoms with E-state index in [1.807, 2.05) is 0 Å². The number of aliphatic carboxylic acids is 1. The lowest BCUT2D eigenvalue weighted by Gasteiger charge is -2.30. The lowest BCUT2D eigenvalue weighted by Crippen LogP contribution is -2.42. The van der Waals surface area contributed by atoms with Gasteiger partial charge >= 0.3 is 5.97 Å². The number of carboxylic acids is 1. The molecule has 0 saturated carbocycles. The van der Waals surface area contributed by atoms with Crippen LogP contribution in [0.2, 0.25) is 0 Å². The molecule has 1 heterocycles. The van der Waals surface area contributed by atoms with Crippen LogP contribution >= 0.6 is 0 Å². The standard InChI is InChI=1S/C13H23NO4S/c1-2-3-4-9-19(18)10-12(15)14-7-5-11(6-8-14)13(16)17/h11H,2-10H2,1H3,(H,16,17). The summed E-state index contributed by atoms with van der Waals surface area (Å²) in [6, 6.07) is 0. The highest BCUT2D eigenvalue weighted by Crippen LogP contribution is 2.17. The lowest BCUT2D eigenvalue weighted by molar-refractivity contribution is -0.145. The molecule has 0 aromatic rings. The fourth-order valence-corrected chi connectivity index (χ4v) is 3.32. The van der Waals surface area contributed by atoms with Gasteiger partial charge in [-0.1, -0.05) is 19.8 Å². The summed E-state index contributed by atoms with van der Waals surface area (Å²) in [5, 5.41) is 8.88. The Kier molecular flexibility index (Phi) is 7.05. The highest BCUT2D eigenvalue weighted by Gasteiger charge is 2.27. The molecular weight excluding hydrogens is 266 g/mol. The van der Waals surface area contributed by atoms with Gasteiger partial charge in [-0.25, -0.2) is 0 Å². The molecule has 1 atom stereocenters. The summed E-state index contributed by atoms with van der Waals surface area (Å²) >= 11 is 0. The third-order valence-corrected chi connectivity index (χ3v) is 4.77. The topological polar surface area (TPSA) is 74.7 Å². The van der Waals surface area contributed by atoms with Crippen LogP contribution in [0.15, 0.2) is 0 Å². The van der Waals surface area contributed by atoms with E-state index in [9.17, 15) is 13.8 Å². The molecule has 1 N–H and O–H groups in total. The first-order chi connectivity index (χ1) is 9.04. The first-order valence-electron chi connectivity index (χ1n) is 6.90. The van der Waals surface area contributed by atoms with E-state index in [1.54, 1.807) is 4.90 Å². The van der Waals surface area contributed by atoms with Crippen LogP contribution in [-0.2, 0) is 20.4 Å². The Hall–Kier alpha value is -0.910. The van der Waals surface area contributed by atoms with Gasteiger partial charge in [0.15, 0.2) is 0 Å². The van der Waals surface area contributed by atoms with E-state index in [1.165, 1.54) is 0 Å². The zero-order chi connectivity index (χ0) is 14.3. The van der Waals surface area contributed by atoms with Gasteiger partial charge in [0.2, 0.25) is 5.91 Å². The third kappa shape index (κ3) is 5.72. The molecular formula is C13H23NO4S. The van der Waals surface area contributed by atoms with Crippen molar-refractivity contribution in [3.63, 3.8) is 0 Å². The van der Waals surface area contributed by atoms with Gasteiger partial charge in [-0.2, -0.15) is 0 Å². The largest absolute Gasteiger partial charge is 0.481 e. The maximum absolute atomic E-state index is 11.9. The second-order valence-corrected chi connectivity index (χ2v) is 6.57. The van der Waals surface area contributed by atoms with E-state index in [0.717, 1.165) is 19.3 Å². The van der Waals surface area contributed by atoms with Gasteiger partial charge < -0.3 is 10.0 Å².